The van der Waals surface area contributed by atoms with Gasteiger partial charge in [0.05, 0.1) is 0 Å². The Morgan fingerprint density at radius 3 is 2.25 bits per heavy atom. The van der Waals surface area contributed by atoms with Crippen molar-refractivity contribution in [1.82, 2.24) is 0 Å². The minimum Gasteiger partial charge on any atom is -0.372 e. The van der Waals surface area contributed by atoms with Crippen LogP contribution in [0.2, 0.25) is 0 Å². The number of Topliss-reactive ketones (excluding diaryl/α,β-unsaturated/α-hetero) is 1. The van der Waals surface area contributed by atoms with E-state index in [2.05, 4.69) is 12.6 Å². The molecule has 0 bridgehead atoms. The van der Waals surface area contributed by atoms with Crippen LogP contribution in [0.1, 0.15) is 20.3 Å². The largest absolute Gasteiger partial charge is 0.372 e. The highest BCUT2D eigenvalue weighted by molar-refractivity contribution is 7.82. The van der Waals surface area contributed by atoms with Crippen molar-refractivity contribution in [3.05, 3.63) is 0 Å². The average Bonchev–Trinajstić information content (AvgIpc) is 1.67. The Bertz CT molecular complexity index is 98.6. The maximum absolute atomic E-state index is 10.4. The third kappa shape index (κ3) is 1.84. The van der Waals surface area contributed by atoms with Crippen LogP contribution >= 0.6 is 12.6 Å². The molecule has 0 fully saturated rings. The van der Waals surface area contributed by atoms with E-state index in [0.717, 1.165) is 0 Å². The van der Waals surface area contributed by atoms with Gasteiger partial charge in [-0.1, -0.05) is 6.92 Å². The number of thiol groups is 1. The second kappa shape index (κ2) is 2.51. The monoisotopic (exact) mass is 134 g/mol. The molecule has 0 saturated carbocycles. The molecule has 3 heteroatoms. The quantitative estimate of drug-likeness (QED) is 0.429. The molecule has 0 aliphatic rings. The molecule has 2 nitrogen and oxygen atoms in total. The van der Waals surface area contributed by atoms with Crippen molar-refractivity contribution in [2.75, 3.05) is 0 Å². The van der Waals surface area contributed by atoms with Crippen molar-refractivity contribution in [3.8, 4) is 0 Å². The minimum absolute atomic E-state index is 0.302. The van der Waals surface area contributed by atoms with Crippen molar-refractivity contribution in [1.29, 1.82) is 0 Å². The average molecular weight is 134 g/mol. The summed E-state index contributed by atoms with van der Waals surface area (Å²) in [5.41, 5.74) is 0. The summed E-state index contributed by atoms with van der Waals surface area (Å²) < 4.78 is 0. The van der Waals surface area contributed by atoms with Gasteiger partial charge < -0.3 is 5.11 Å². The van der Waals surface area contributed by atoms with Crippen LogP contribution in [-0.4, -0.2) is 15.8 Å². The second-order valence-corrected chi connectivity index (χ2v) is 2.47. The number of ketones is 1. The van der Waals surface area contributed by atoms with Crippen LogP contribution in [0.3, 0.4) is 0 Å². The maximum Gasteiger partial charge on any atom is 0.171 e. The number of hydrogen-bond acceptors (Lipinski definition) is 3. The van der Waals surface area contributed by atoms with Crippen molar-refractivity contribution in [2.24, 2.45) is 0 Å². The van der Waals surface area contributed by atoms with E-state index in [1.165, 1.54) is 6.92 Å². The van der Waals surface area contributed by atoms with Gasteiger partial charge in [0, 0.05) is 0 Å². The number of carbonyl (C=O) groups is 1. The molecule has 48 valence electrons. The predicted octanol–water partition coefficient (Wildman–Crippen LogP) is 0.604. The molecule has 0 aliphatic heterocycles. The second-order valence-electron chi connectivity index (χ2n) is 1.73. The first-order chi connectivity index (χ1) is 3.50. The van der Waals surface area contributed by atoms with Gasteiger partial charge in [-0.2, -0.15) is 0 Å². The van der Waals surface area contributed by atoms with Gasteiger partial charge in [-0.25, -0.2) is 0 Å². The van der Waals surface area contributed by atoms with Crippen LogP contribution in [-0.2, 0) is 4.79 Å². The van der Waals surface area contributed by atoms with Gasteiger partial charge in [-0.15, -0.1) is 12.6 Å². The molecule has 0 heterocycles. The molecule has 0 aliphatic carbocycles. The normalized spacial score (nSPS) is 17.5. The number of rotatable bonds is 2. The van der Waals surface area contributed by atoms with E-state index in [1.54, 1.807) is 6.92 Å². The number of carbonyl (C=O) groups excluding carboxylic acids is 1. The molecule has 0 aromatic rings. The summed E-state index contributed by atoms with van der Waals surface area (Å²) in [6.45, 7) is 3.02. The first-order valence-electron chi connectivity index (χ1n) is 2.46. The van der Waals surface area contributed by atoms with Crippen LogP contribution in [0.5, 0.6) is 0 Å². The molecular formula is C5H10O2S. The number of hydrogen-bond donors (Lipinski definition) is 2. The Hall–Kier alpha value is -0.0200. The Kier molecular flexibility index (Phi) is 2.50. The summed E-state index contributed by atoms with van der Waals surface area (Å²) in [4.78, 5) is 8.97. The molecule has 0 rings (SSSR count). The summed E-state index contributed by atoms with van der Waals surface area (Å²) >= 11 is 3.69. The fourth-order valence-corrected chi connectivity index (χ4v) is 0.249. The van der Waals surface area contributed by atoms with Crippen LogP contribution < -0.4 is 0 Å². The molecule has 0 amide bonds. The number of aliphatic hydroxyl groups is 1. The van der Waals surface area contributed by atoms with E-state index in [-0.39, 0.29) is 5.78 Å². The zero-order chi connectivity index (χ0) is 6.78. The highest BCUT2D eigenvalue weighted by Gasteiger charge is 2.23. The lowest BCUT2D eigenvalue weighted by Crippen LogP contribution is -2.28. The highest BCUT2D eigenvalue weighted by Crippen LogP contribution is 2.14. The van der Waals surface area contributed by atoms with Gasteiger partial charge >= 0.3 is 0 Å². The predicted molar refractivity (Wildman–Crippen MR) is 34.9 cm³/mol. The van der Waals surface area contributed by atoms with Crippen LogP contribution in [0.25, 0.3) is 0 Å². The third-order valence-corrected chi connectivity index (χ3v) is 1.69. The Labute approximate surface area is 54.3 Å². The Morgan fingerprint density at radius 1 is 1.88 bits per heavy atom. The Balaban J connectivity index is 3.91. The van der Waals surface area contributed by atoms with E-state index in [1.807, 2.05) is 0 Å². The van der Waals surface area contributed by atoms with Crippen molar-refractivity contribution < 1.29 is 9.90 Å². The summed E-state index contributed by atoms with van der Waals surface area (Å²) in [5.74, 6) is -0.302. The SMILES string of the molecule is CCC(O)(S)C(C)=O. The van der Waals surface area contributed by atoms with E-state index < -0.39 is 4.93 Å². The Morgan fingerprint density at radius 2 is 2.25 bits per heavy atom. The van der Waals surface area contributed by atoms with E-state index in [9.17, 15) is 4.79 Å². The summed E-state index contributed by atoms with van der Waals surface area (Å²) in [6, 6.07) is 0. The smallest absolute Gasteiger partial charge is 0.171 e. The molecule has 0 radical (unpaired) electrons. The molecule has 1 atom stereocenters. The van der Waals surface area contributed by atoms with Gasteiger partial charge in [0.25, 0.3) is 0 Å². The van der Waals surface area contributed by atoms with Crippen molar-refractivity contribution in [3.63, 3.8) is 0 Å². The van der Waals surface area contributed by atoms with Gasteiger partial charge in [-0.3, -0.25) is 4.79 Å². The summed E-state index contributed by atoms with van der Waals surface area (Å²) in [5, 5.41) is 8.92. The van der Waals surface area contributed by atoms with Gasteiger partial charge in [-0.05, 0) is 13.3 Å². The standard InChI is InChI=1S/C5H10O2S/c1-3-5(7,8)4(2)6/h7-8H,3H2,1-2H3. The molecule has 0 aromatic heterocycles. The lowest BCUT2D eigenvalue weighted by Gasteiger charge is -2.14. The molecule has 0 saturated heterocycles. The van der Waals surface area contributed by atoms with E-state index >= 15 is 0 Å². The summed E-state index contributed by atoms with van der Waals surface area (Å²) in [7, 11) is 0. The zero-order valence-electron chi connectivity index (χ0n) is 5.01. The zero-order valence-corrected chi connectivity index (χ0v) is 5.90. The van der Waals surface area contributed by atoms with E-state index in [4.69, 9.17) is 5.11 Å². The van der Waals surface area contributed by atoms with Crippen molar-refractivity contribution >= 4 is 18.4 Å². The first-order valence-corrected chi connectivity index (χ1v) is 2.91. The molecule has 1 N–H and O–H groups in total. The van der Waals surface area contributed by atoms with Crippen LogP contribution in [0.4, 0.5) is 0 Å². The molecular weight excluding hydrogens is 124 g/mol. The van der Waals surface area contributed by atoms with Crippen LogP contribution in [0.15, 0.2) is 0 Å². The van der Waals surface area contributed by atoms with Crippen molar-refractivity contribution in [2.45, 2.75) is 25.2 Å². The molecule has 8 heavy (non-hydrogen) atoms. The molecule has 0 spiro atoms. The maximum atomic E-state index is 10.4. The lowest BCUT2D eigenvalue weighted by atomic mass is 10.2. The first kappa shape index (κ1) is 7.98. The molecule has 1 unspecified atom stereocenters. The fraction of sp³-hybridized carbons (Fsp3) is 0.800. The minimum atomic E-state index is -1.40. The van der Waals surface area contributed by atoms with Gasteiger partial charge in [0.15, 0.2) is 10.7 Å². The topological polar surface area (TPSA) is 37.3 Å². The molecule has 0 aromatic carbocycles. The highest BCUT2D eigenvalue weighted by atomic mass is 32.1. The fourth-order valence-electron chi connectivity index (χ4n) is 0.249. The lowest BCUT2D eigenvalue weighted by molar-refractivity contribution is -0.127. The van der Waals surface area contributed by atoms with Crippen LogP contribution in [0, 0.1) is 0 Å². The van der Waals surface area contributed by atoms with E-state index in [0.29, 0.717) is 6.42 Å². The summed E-state index contributed by atoms with van der Waals surface area (Å²) in [6.07, 6.45) is 0.353. The third-order valence-electron chi connectivity index (χ3n) is 1.06. The van der Waals surface area contributed by atoms with Gasteiger partial charge in [0.1, 0.15) is 0 Å². The van der Waals surface area contributed by atoms with Gasteiger partial charge in [0.2, 0.25) is 0 Å².